The third-order valence-corrected chi connectivity index (χ3v) is 6.39. The Labute approximate surface area is 353 Å². The zero-order chi connectivity index (χ0) is 43.2. The maximum Gasteiger partial charge on any atom is 4.00 e. The van der Waals surface area contributed by atoms with Gasteiger partial charge in [-0.3, -0.25) is 0 Å². The Bertz CT molecular complexity index is 1020. The summed E-state index contributed by atoms with van der Waals surface area (Å²) >= 11 is 0. The molecule has 0 saturated heterocycles. The van der Waals surface area contributed by atoms with Crippen LogP contribution in [0.3, 0.4) is 0 Å². The molecule has 0 amide bonds. The van der Waals surface area contributed by atoms with Crippen LogP contribution < -0.4 is 20.4 Å². The second kappa shape index (κ2) is 49.5. The smallest absolute Gasteiger partial charge is 0.545 e. The van der Waals surface area contributed by atoms with E-state index in [1.54, 1.807) is 0 Å². The van der Waals surface area contributed by atoms with E-state index < -0.39 is 47.8 Å². The van der Waals surface area contributed by atoms with Crippen LogP contribution in [0, 0.1) is 0 Å². The third kappa shape index (κ3) is 66.7. The monoisotopic (exact) mass is 916 g/mol. The number of ether oxygens (including phenoxy) is 4. The molecule has 0 unspecified atom stereocenters. The molecule has 0 spiro atoms. The van der Waals surface area contributed by atoms with E-state index in [0.717, 1.165) is 127 Å². The van der Waals surface area contributed by atoms with Gasteiger partial charge in [-0.25, -0.2) is 19.2 Å². The van der Waals surface area contributed by atoms with Crippen LogP contribution in [-0.2, 0) is 57.3 Å². The van der Waals surface area contributed by atoms with Gasteiger partial charge >= 0.3 is 47.8 Å². The number of carbonyl (C=O) groups excluding carboxylic acids is 8. The van der Waals surface area contributed by atoms with Crippen molar-refractivity contribution in [1.82, 2.24) is 0 Å². The van der Waals surface area contributed by atoms with Crippen molar-refractivity contribution in [2.24, 2.45) is 0 Å². The minimum absolute atomic E-state index is 0. The predicted octanol–water partition coefficient (Wildman–Crippen LogP) is 1.28. The first-order valence-corrected chi connectivity index (χ1v) is 18.9. The number of esters is 4. The van der Waals surface area contributed by atoms with Crippen LogP contribution >= 0.6 is 0 Å². The van der Waals surface area contributed by atoms with Crippen LogP contribution in [0.2, 0.25) is 0 Å². The van der Waals surface area contributed by atoms with E-state index in [4.69, 9.17) is 18.9 Å². The fourth-order valence-electron chi connectivity index (χ4n) is 3.54. The van der Waals surface area contributed by atoms with Crippen LogP contribution in [-0.4, -0.2) is 98.1 Å². The molecule has 0 bridgehead atoms. The molecule has 0 aliphatic rings. The van der Waals surface area contributed by atoms with Gasteiger partial charge in [-0.2, -0.15) is 0 Å². The number of unbranched alkanes of at least 4 members (excludes halogenated alkanes) is 12. The average Bonchev–Trinajstić information content (AvgIpc) is 3.15. The molecular weight excluding hydrogens is 855 g/mol. The van der Waals surface area contributed by atoms with Crippen molar-refractivity contribution in [2.45, 2.75) is 130 Å². The number of carbonyl (C=O) groups is 8. The minimum Gasteiger partial charge on any atom is -0.545 e. The van der Waals surface area contributed by atoms with Gasteiger partial charge in [0.1, 0.15) is 0 Å². The molecule has 17 heteroatoms. The van der Waals surface area contributed by atoms with Crippen molar-refractivity contribution >= 4 is 71.7 Å². The molecule has 0 saturated carbocycles. The van der Waals surface area contributed by atoms with Crippen LogP contribution in [0.15, 0.2) is 48.6 Å². The van der Waals surface area contributed by atoms with Crippen molar-refractivity contribution in [2.75, 3.05) is 26.4 Å². The summed E-state index contributed by atoms with van der Waals surface area (Å²) in [6, 6.07) is 0. The number of carboxylic acids is 4. The van der Waals surface area contributed by atoms with E-state index in [-0.39, 0.29) is 23.9 Å². The summed E-state index contributed by atoms with van der Waals surface area (Å²) in [6.45, 7) is 9.74. The number of carboxylic acid groups (broad SMARTS) is 4. The summed E-state index contributed by atoms with van der Waals surface area (Å²) in [6.07, 6.45) is 22.4. The first-order chi connectivity index (χ1) is 26.7. The van der Waals surface area contributed by atoms with Gasteiger partial charge in [0.25, 0.3) is 0 Å². The van der Waals surface area contributed by atoms with Gasteiger partial charge in [0.2, 0.25) is 0 Å². The molecule has 57 heavy (non-hydrogen) atoms. The Morgan fingerprint density at radius 1 is 0.316 bits per heavy atom. The zero-order valence-corrected chi connectivity index (χ0v) is 36.6. The van der Waals surface area contributed by atoms with Gasteiger partial charge in [0, 0.05) is 24.3 Å². The van der Waals surface area contributed by atoms with E-state index >= 15 is 0 Å². The first-order valence-electron chi connectivity index (χ1n) is 18.9. The number of aliphatic carboxylic acids is 4. The van der Waals surface area contributed by atoms with E-state index in [9.17, 15) is 58.8 Å². The van der Waals surface area contributed by atoms with Gasteiger partial charge in [-0.05, 0) is 50.0 Å². The average molecular weight is 916 g/mol. The normalized spacial score (nSPS) is 10.2. The second-order valence-corrected chi connectivity index (χ2v) is 11.5. The van der Waals surface area contributed by atoms with E-state index in [2.05, 4.69) is 27.7 Å². The summed E-state index contributed by atoms with van der Waals surface area (Å²) in [4.78, 5) is 82.8. The second-order valence-electron chi connectivity index (χ2n) is 11.5. The van der Waals surface area contributed by atoms with Crippen LogP contribution in [0.25, 0.3) is 0 Å². The van der Waals surface area contributed by atoms with Gasteiger partial charge in [-0.1, -0.05) is 105 Å². The van der Waals surface area contributed by atoms with Gasteiger partial charge in [0.05, 0.1) is 50.3 Å². The fourth-order valence-corrected chi connectivity index (χ4v) is 3.54. The van der Waals surface area contributed by atoms with Crippen molar-refractivity contribution in [3.63, 3.8) is 0 Å². The predicted molar refractivity (Wildman–Crippen MR) is 203 cm³/mol. The van der Waals surface area contributed by atoms with Crippen molar-refractivity contribution in [3.8, 4) is 0 Å². The molecule has 0 atom stereocenters. The summed E-state index contributed by atoms with van der Waals surface area (Å²) in [5, 5.41) is 39.7. The first kappa shape index (κ1) is 61.7. The van der Waals surface area contributed by atoms with E-state index in [0.29, 0.717) is 50.7 Å². The largest absolute Gasteiger partial charge is 4.00 e. The number of hydrogen-bond donors (Lipinski definition) is 0. The molecule has 16 nitrogen and oxygen atoms in total. The maximum absolute atomic E-state index is 10.8. The SMILES string of the molecule is CCCCCCOC(=O)C=CC(=O)[O-].CCCCCCOC(=O)C=CC(=O)[O-].CCCCCCOC(=O)C=CC(=O)[O-].CCCCCCOC(=O)C=CC(=O)[O-].[Sn+4]. The van der Waals surface area contributed by atoms with Crippen molar-refractivity contribution < 1.29 is 77.7 Å². The molecule has 0 radical (unpaired) electrons. The third-order valence-electron chi connectivity index (χ3n) is 6.39. The topological polar surface area (TPSA) is 266 Å². The van der Waals surface area contributed by atoms with Gasteiger partial charge in [0.15, 0.2) is 0 Å². The zero-order valence-electron chi connectivity index (χ0n) is 33.8. The molecule has 0 aromatic rings. The van der Waals surface area contributed by atoms with E-state index in [1.807, 2.05) is 0 Å². The molecule has 0 heterocycles. The van der Waals surface area contributed by atoms with E-state index in [1.165, 1.54) is 0 Å². The Balaban J connectivity index is -0.000000210. The molecule has 0 aliphatic carbocycles. The number of hydrogen-bond acceptors (Lipinski definition) is 16. The summed E-state index contributed by atoms with van der Waals surface area (Å²) < 4.78 is 18.9. The maximum atomic E-state index is 10.8. The van der Waals surface area contributed by atoms with Crippen LogP contribution in [0.5, 0.6) is 0 Å². The molecule has 0 rings (SSSR count). The summed E-state index contributed by atoms with van der Waals surface area (Å²) in [5.74, 6) is -8.12. The van der Waals surface area contributed by atoms with Gasteiger partial charge < -0.3 is 58.6 Å². The Kier molecular flexibility index (Phi) is 53.7. The van der Waals surface area contributed by atoms with Gasteiger partial charge in [-0.15, -0.1) is 0 Å². The molecule has 0 aliphatic heterocycles. The standard InChI is InChI=1S/4C10H16O4.Sn/c4*1-2-3-4-5-8-14-10(13)7-6-9(11)12;/h4*6-7H,2-5,8H2,1H3,(H,11,12);/q;;;;+4/p-4. The van der Waals surface area contributed by atoms with Crippen LogP contribution in [0.4, 0.5) is 0 Å². The minimum atomic E-state index is -1.40. The Morgan fingerprint density at radius 3 is 0.632 bits per heavy atom. The summed E-state index contributed by atoms with van der Waals surface area (Å²) in [7, 11) is 0. The number of rotatable bonds is 28. The quantitative estimate of drug-likeness (QED) is 0.0352. The molecule has 0 fully saturated rings. The molecular formula is C40H60O16Sn. The Hall–Kier alpha value is -4.48. The Morgan fingerprint density at radius 2 is 0.491 bits per heavy atom. The summed E-state index contributed by atoms with van der Waals surface area (Å²) in [5.41, 5.74) is 0. The fraction of sp³-hybridized carbons (Fsp3) is 0.600. The molecule has 0 N–H and O–H groups in total. The van der Waals surface area contributed by atoms with Crippen molar-refractivity contribution in [3.05, 3.63) is 48.6 Å². The molecule has 0 aromatic carbocycles. The molecule has 320 valence electrons. The van der Waals surface area contributed by atoms with Crippen molar-refractivity contribution in [1.29, 1.82) is 0 Å². The van der Waals surface area contributed by atoms with Crippen LogP contribution in [0.1, 0.15) is 130 Å². The molecule has 0 aromatic heterocycles.